The van der Waals surface area contributed by atoms with Crippen molar-refractivity contribution in [2.45, 2.75) is 91.1 Å². The Balaban J connectivity index is 4.21. The Morgan fingerprint density at radius 2 is 1.50 bits per heavy atom. The summed E-state index contributed by atoms with van der Waals surface area (Å²) in [5.41, 5.74) is 0. The summed E-state index contributed by atoms with van der Waals surface area (Å²) >= 11 is 0. The number of hydrogen-bond acceptors (Lipinski definition) is 1. The molecular formula is C16H34OP+. The highest BCUT2D eigenvalue weighted by molar-refractivity contribution is 7.26. The first-order valence-electron chi connectivity index (χ1n) is 7.94. The predicted molar refractivity (Wildman–Crippen MR) is 84.0 cm³/mol. The summed E-state index contributed by atoms with van der Waals surface area (Å²) < 4.78 is 11.8. The van der Waals surface area contributed by atoms with Crippen molar-refractivity contribution in [2.75, 3.05) is 0 Å². The summed E-state index contributed by atoms with van der Waals surface area (Å²) in [6, 6.07) is 0. The van der Waals surface area contributed by atoms with E-state index in [0.717, 1.165) is 12.8 Å². The van der Waals surface area contributed by atoms with E-state index >= 15 is 0 Å². The summed E-state index contributed by atoms with van der Waals surface area (Å²) in [5, 5.41) is 0.0690. The van der Waals surface area contributed by atoms with Crippen LogP contribution in [-0.2, 0) is 4.57 Å². The number of rotatable bonds is 11. The van der Waals surface area contributed by atoms with Gasteiger partial charge < -0.3 is 0 Å². The molecule has 0 heterocycles. The minimum absolute atomic E-state index is 0.0690. The Kier molecular flexibility index (Phi) is 10.0. The first-order chi connectivity index (χ1) is 8.55. The molecule has 0 bridgehead atoms. The Hall–Kier alpha value is 0.100. The van der Waals surface area contributed by atoms with Crippen molar-refractivity contribution in [2.24, 2.45) is 11.8 Å². The molecule has 0 aromatic heterocycles. The molecule has 0 saturated carbocycles. The SMILES string of the molecule is CCCCCCCCC([PH+]=O)(C(C)C)C(C)CC. The maximum atomic E-state index is 11.8. The molecule has 0 radical (unpaired) electrons. The molecule has 3 unspecified atom stereocenters. The molecule has 0 aliphatic heterocycles. The Morgan fingerprint density at radius 1 is 0.944 bits per heavy atom. The largest absolute Gasteiger partial charge is 0.331 e. The van der Waals surface area contributed by atoms with Crippen molar-refractivity contribution in [3.8, 4) is 0 Å². The molecule has 0 N–H and O–H groups in total. The van der Waals surface area contributed by atoms with Crippen LogP contribution in [0.3, 0.4) is 0 Å². The zero-order valence-electron chi connectivity index (χ0n) is 13.2. The highest BCUT2D eigenvalue weighted by Crippen LogP contribution is 2.44. The van der Waals surface area contributed by atoms with Crippen LogP contribution >= 0.6 is 8.46 Å². The molecule has 0 fully saturated rings. The van der Waals surface area contributed by atoms with E-state index in [1.54, 1.807) is 0 Å². The van der Waals surface area contributed by atoms with Crippen molar-refractivity contribution >= 4 is 8.46 Å². The fraction of sp³-hybridized carbons (Fsp3) is 1.00. The lowest BCUT2D eigenvalue weighted by Crippen LogP contribution is -2.36. The van der Waals surface area contributed by atoms with Gasteiger partial charge in [-0.15, -0.1) is 0 Å². The van der Waals surface area contributed by atoms with E-state index in [9.17, 15) is 4.57 Å². The lowest BCUT2D eigenvalue weighted by Gasteiger charge is -2.30. The molecule has 0 spiro atoms. The van der Waals surface area contributed by atoms with E-state index in [2.05, 4.69) is 34.6 Å². The van der Waals surface area contributed by atoms with Gasteiger partial charge in [0.2, 0.25) is 0 Å². The van der Waals surface area contributed by atoms with Crippen LogP contribution in [0.2, 0.25) is 0 Å². The summed E-state index contributed by atoms with van der Waals surface area (Å²) in [6.07, 6.45) is 10.3. The highest BCUT2D eigenvalue weighted by Gasteiger charge is 2.45. The average molecular weight is 273 g/mol. The predicted octanol–water partition coefficient (Wildman–Crippen LogP) is 6.20. The van der Waals surface area contributed by atoms with Gasteiger partial charge in [0.15, 0.2) is 5.16 Å². The quantitative estimate of drug-likeness (QED) is 0.323. The standard InChI is InChI=1S/C16H33OP/c1-6-8-9-10-11-12-13-16(18-17,14(3)4)15(5)7-2/h14-15H,6-13H2,1-5H3/p+1. The van der Waals surface area contributed by atoms with Gasteiger partial charge in [0.1, 0.15) is 0 Å². The van der Waals surface area contributed by atoms with Crippen LogP contribution in [0.4, 0.5) is 0 Å². The normalized spacial score (nSPS) is 17.0. The molecule has 18 heavy (non-hydrogen) atoms. The van der Waals surface area contributed by atoms with Crippen molar-refractivity contribution < 1.29 is 4.57 Å². The smallest absolute Gasteiger partial charge is 0.0768 e. The average Bonchev–Trinajstić information content (AvgIpc) is 2.37. The summed E-state index contributed by atoms with van der Waals surface area (Å²) in [5.74, 6) is 1.10. The third kappa shape index (κ3) is 5.39. The van der Waals surface area contributed by atoms with E-state index < -0.39 is 0 Å². The van der Waals surface area contributed by atoms with Gasteiger partial charge >= 0.3 is 8.46 Å². The second-order valence-corrected chi connectivity index (χ2v) is 7.26. The molecule has 108 valence electrons. The third-order valence-corrected chi connectivity index (χ3v) is 6.36. The Labute approximate surface area is 116 Å². The van der Waals surface area contributed by atoms with Gasteiger partial charge in [0.25, 0.3) is 0 Å². The molecular weight excluding hydrogens is 239 g/mol. The van der Waals surface area contributed by atoms with Crippen LogP contribution in [0, 0.1) is 11.8 Å². The fourth-order valence-corrected chi connectivity index (χ4v) is 3.86. The number of unbranched alkanes of at least 4 members (excludes halogenated alkanes) is 5. The van der Waals surface area contributed by atoms with Gasteiger partial charge in [-0.05, 0) is 19.3 Å². The lowest BCUT2D eigenvalue weighted by atomic mass is 9.78. The van der Waals surface area contributed by atoms with Gasteiger partial charge in [0, 0.05) is 11.8 Å². The Bertz CT molecular complexity index is 215. The van der Waals surface area contributed by atoms with E-state index in [1.807, 2.05) is 0 Å². The van der Waals surface area contributed by atoms with Crippen molar-refractivity contribution in [1.82, 2.24) is 0 Å². The van der Waals surface area contributed by atoms with Gasteiger partial charge in [-0.25, -0.2) is 0 Å². The number of hydrogen-bond donors (Lipinski definition) is 0. The van der Waals surface area contributed by atoms with Gasteiger partial charge in [0.05, 0.1) is 0 Å². The first-order valence-corrected chi connectivity index (χ1v) is 8.85. The fourth-order valence-electron chi connectivity index (χ4n) is 2.94. The molecule has 0 saturated heterocycles. The van der Waals surface area contributed by atoms with E-state index in [1.165, 1.54) is 38.5 Å². The first kappa shape index (κ1) is 18.1. The molecule has 0 aliphatic carbocycles. The monoisotopic (exact) mass is 273 g/mol. The van der Waals surface area contributed by atoms with Crippen LogP contribution in [-0.4, -0.2) is 5.16 Å². The zero-order chi connectivity index (χ0) is 14.0. The maximum Gasteiger partial charge on any atom is 0.331 e. The highest BCUT2D eigenvalue weighted by atomic mass is 31.1. The molecule has 0 aromatic carbocycles. The van der Waals surface area contributed by atoms with Crippen LogP contribution in [0.5, 0.6) is 0 Å². The summed E-state index contributed by atoms with van der Waals surface area (Å²) in [4.78, 5) is 0. The Morgan fingerprint density at radius 3 is 1.94 bits per heavy atom. The minimum Gasteiger partial charge on any atom is -0.0768 e. The minimum atomic E-state index is -0.151. The molecule has 3 atom stereocenters. The lowest BCUT2D eigenvalue weighted by molar-refractivity contribution is 0.272. The molecule has 0 aromatic rings. The molecule has 0 rings (SSSR count). The van der Waals surface area contributed by atoms with Gasteiger partial charge in [-0.2, -0.15) is 0 Å². The second kappa shape index (κ2) is 9.96. The molecule has 2 heteroatoms. The van der Waals surface area contributed by atoms with Gasteiger partial charge in [-0.1, -0.05) is 71.3 Å². The van der Waals surface area contributed by atoms with E-state index in [4.69, 9.17) is 0 Å². The van der Waals surface area contributed by atoms with Crippen LogP contribution in [0.25, 0.3) is 0 Å². The molecule has 0 aliphatic rings. The maximum absolute atomic E-state index is 11.8. The van der Waals surface area contributed by atoms with Crippen molar-refractivity contribution in [3.63, 3.8) is 0 Å². The summed E-state index contributed by atoms with van der Waals surface area (Å²) in [6.45, 7) is 11.2. The zero-order valence-corrected chi connectivity index (χ0v) is 14.2. The van der Waals surface area contributed by atoms with Crippen LogP contribution < -0.4 is 0 Å². The second-order valence-electron chi connectivity index (χ2n) is 6.12. The van der Waals surface area contributed by atoms with Crippen LogP contribution in [0.15, 0.2) is 0 Å². The molecule has 1 nitrogen and oxygen atoms in total. The van der Waals surface area contributed by atoms with E-state index in [0.29, 0.717) is 11.8 Å². The van der Waals surface area contributed by atoms with Crippen molar-refractivity contribution in [3.05, 3.63) is 0 Å². The third-order valence-electron chi connectivity index (χ3n) is 4.66. The molecule has 0 amide bonds. The van der Waals surface area contributed by atoms with E-state index in [-0.39, 0.29) is 13.6 Å². The van der Waals surface area contributed by atoms with Crippen LogP contribution in [0.1, 0.15) is 86.0 Å². The van der Waals surface area contributed by atoms with Gasteiger partial charge in [-0.3, -0.25) is 0 Å². The summed E-state index contributed by atoms with van der Waals surface area (Å²) in [7, 11) is -0.151. The topological polar surface area (TPSA) is 17.1 Å². The van der Waals surface area contributed by atoms with Crippen molar-refractivity contribution in [1.29, 1.82) is 0 Å².